The number of phosphoric acid groups is 1. The van der Waals surface area contributed by atoms with Crippen molar-refractivity contribution in [2.45, 2.75) is 101 Å². The molecule has 0 spiro atoms. The number of β-amino-alcohol motifs (C(OH)–C–C–N with tert-alkyl or cyclic N) is 1. The Morgan fingerprint density at radius 2 is 1.73 bits per heavy atom. The molecule has 2 heterocycles. The van der Waals surface area contributed by atoms with Gasteiger partial charge in [0.05, 0.1) is 25.4 Å². The monoisotopic (exact) mass is 613 g/mol. The minimum Gasteiger partial charge on any atom is -0.394 e. The van der Waals surface area contributed by atoms with E-state index in [2.05, 4.69) is 15.2 Å². The number of hydrogen-bond acceptors (Lipinski definition) is 11. The lowest BCUT2D eigenvalue weighted by atomic mass is 9.97. The predicted octanol–water partition coefficient (Wildman–Crippen LogP) is -2.14. The Bertz CT molecular complexity index is 891. The highest BCUT2D eigenvalue weighted by molar-refractivity contribution is 7.46. The van der Waals surface area contributed by atoms with Gasteiger partial charge in [-0.15, -0.1) is 0 Å². The number of likely N-dealkylation sites (tertiary alicyclic amines) is 1. The first-order valence-corrected chi connectivity index (χ1v) is 15.3. The van der Waals surface area contributed by atoms with Crippen LogP contribution in [0, 0.1) is 0 Å². The van der Waals surface area contributed by atoms with Gasteiger partial charge in [0.1, 0.15) is 24.4 Å². The van der Waals surface area contributed by atoms with Crippen LogP contribution in [0.25, 0.3) is 0 Å². The van der Waals surface area contributed by atoms with E-state index < -0.39 is 63.1 Å². The first kappa shape index (κ1) is 35.5. The molecular formula is C24H44N3O13P. The van der Waals surface area contributed by atoms with Crippen LogP contribution in [0.1, 0.15) is 58.3 Å². The molecule has 238 valence electrons. The van der Waals surface area contributed by atoms with Crippen molar-refractivity contribution >= 4 is 25.5 Å². The number of nitrogens with zero attached hydrogens (tertiary/aromatic N) is 1. The van der Waals surface area contributed by atoms with Crippen molar-refractivity contribution in [2.24, 2.45) is 0 Å². The lowest BCUT2D eigenvalue weighted by Crippen LogP contribution is -2.64. The molecule has 2 rings (SSSR count). The minimum absolute atomic E-state index is 0.0902. The number of carbonyl (C=O) groups excluding carboxylic acids is 3. The van der Waals surface area contributed by atoms with Crippen LogP contribution in [0.3, 0.4) is 0 Å². The van der Waals surface area contributed by atoms with Gasteiger partial charge in [0.15, 0.2) is 6.29 Å². The molecule has 0 aromatic heterocycles. The van der Waals surface area contributed by atoms with E-state index in [1.54, 1.807) is 0 Å². The second-order valence-corrected chi connectivity index (χ2v) is 11.5. The van der Waals surface area contributed by atoms with Gasteiger partial charge in [-0.1, -0.05) is 6.42 Å². The second kappa shape index (κ2) is 17.4. The van der Waals surface area contributed by atoms with Crippen molar-refractivity contribution in [3.8, 4) is 0 Å². The second-order valence-electron chi connectivity index (χ2n) is 10.3. The number of carbonyl (C=O) groups is 3. The average Bonchev–Trinajstić information content (AvgIpc) is 3.28. The number of aliphatic hydroxyl groups is 4. The van der Waals surface area contributed by atoms with E-state index in [4.69, 9.17) is 19.3 Å². The summed E-state index contributed by atoms with van der Waals surface area (Å²) in [7, 11) is -4.67. The summed E-state index contributed by atoms with van der Waals surface area (Å²) in [6, 6.07) is -1.62. The maximum Gasteiger partial charge on any atom is 0.469 e. The molecule has 2 aliphatic rings. The molecule has 0 radical (unpaired) electrons. The highest BCUT2D eigenvalue weighted by Crippen LogP contribution is 2.37. The summed E-state index contributed by atoms with van der Waals surface area (Å²) in [6.07, 6.45) is -2.20. The van der Waals surface area contributed by atoms with Crippen LogP contribution < -0.4 is 10.6 Å². The van der Waals surface area contributed by atoms with E-state index >= 15 is 0 Å². The van der Waals surface area contributed by atoms with Gasteiger partial charge in [-0.3, -0.25) is 18.9 Å². The molecule has 5 unspecified atom stereocenters. The van der Waals surface area contributed by atoms with Gasteiger partial charge in [0.2, 0.25) is 17.7 Å². The van der Waals surface area contributed by atoms with Crippen LogP contribution in [-0.4, -0.2) is 129 Å². The first-order valence-electron chi connectivity index (χ1n) is 13.8. The Kier molecular flexibility index (Phi) is 15.1. The SMILES string of the molecule is CC(=O)NC1C(OCCCCC(=O)NCCCCCC(=O)N2C[C@H](O)C[C@H]2COP(=O)(O)O)OC(CO)C(O)C1O. The van der Waals surface area contributed by atoms with Crippen molar-refractivity contribution in [3.63, 3.8) is 0 Å². The van der Waals surface area contributed by atoms with Crippen molar-refractivity contribution in [1.82, 2.24) is 15.5 Å². The number of unbranched alkanes of at least 4 members (excludes halogenated alkanes) is 3. The maximum absolute atomic E-state index is 12.5. The third kappa shape index (κ3) is 12.6. The zero-order chi connectivity index (χ0) is 30.6. The van der Waals surface area contributed by atoms with Crippen LogP contribution in [0.5, 0.6) is 0 Å². The number of ether oxygens (including phenoxy) is 2. The largest absolute Gasteiger partial charge is 0.469 e. The Hall–Kier alpha value is -1.72. The molecule has 0 aromatic carbocycles. The van der Waals surface area contributed by atoms with Crippen LogP contribution >= 0.6 is 7.82 Å². The molecule has 2 saturated heterocycles. The van der Waals surface area contributed by atoms with Gasteiger partial charge in [-0.2, -0.15) is 0 Å². The lowest BCUT2D eigenvalue weighted by Gasteiger charge is -2.42. The van der Waals surface area contributed by atoms with Crippen molar-refractivity contribution in [3.05, 3.63) is 0 Å². The fourth-order valence-corrected chi connectivity index (χ4v) is 5.14. The fourth-order valence-electron chi connectivity index (χ4n) is 4.78. The number of hydrogen-bond donors (Lipinski definition) is 8. The highest BCUT2D eigenvalue weighted by Gasteiger charge is 2.45. The van der Waals surface area contributed by atoms with Gasteiger partial charge in [0.25, 0.3) is 0 Å². The quantitative estimate of drug-likeness (QED) is 0.0646. The van der Waals surface area contributed by atoms with Crippen molar-refractivity contribution < 1.29 is 63.2 Å². The zero-order valence-electron chi connectivity index (χ0n) is 23.2. The Labute approximate surface area is 238 Å². The molecule has 0 saturated carbocycles. The van der Waals surface area contributed by atoms with Gasteiger partial charge in [-0.25, -0.2) is 4.57 Å². The number of rotatable bonds is 17. The zero-order valence-corrected chi connectivity index (χ0v) is 24.1. The normalized spacial score (nSPS) is 28.5. The topological polar surface area (TPSA) is 245 Å². The fraction of sp³-hybridized carbons (Fsp3) is 0.875. The van der Waals surface area contributed by atoms with E-state index in [0.29, 0.717) is 38.6 Å². The first-order chi connectivity index (χ1) is 19.3. The molecule has 8 N–H and O–H groups in total. The molecular weight excluding hydrogens is 569 g/mol. The van der Waals surface area contributed by atoms with E-state index in [9.17, 15) is 39.4 Å². The Morgan fingerprint density at radius 1 is 1.02 bits per heavy atom. The molecule has 7 atom stereocenters. The van der Waals surface area contributed by atoms with Crippen LogP contribution in [-0.2, 0) is 32.9 Å². The average molecular weight is 614 g/mol. The molecule has 2 aliphatic heterocycles. The summed E-state index contributed by atoms with van der Waals surface area (Å²) < 4.78 is 26.5. The standard InChI is InChI=1S/C24H44N3O13P/c1-15(29)26-21-23(34)22(33)18(13-28)40-24(21)38-10-6-4-7-19(31)25-9-5-2-3-8-20(32)27-12-17(30)11-16(27)14-39-41(35,36)37/h16-18,21-24,28,30,33-34H,2-14H2,1H3,(H,25,31)(H,26,29)(H2,35,36,37)/t16-,17+,18?,21?,22?,23?,24?/m0/s1. The summed E-state index contributed by atoms with van der Waals surface area (Å²) in [4.78, 5) is 55.2. The molecule has 41 heavy (non-hydrogen) atoms. The van der Waals surface area contributed by atoms with Gasteiger partial charge in [-0.05, 0) is 32.1 Å². The molecule has 0 bridgehead atoms. The molecule has 17 heteroatoms. The van der Waals surface area contributed by atoms with E-state index in [0.717, 1.165) is 0 Å². The summed E-state index contributed by atoms with van der Waals surface area (Å²) in [6.45, 7) is 1.04. The van der Waals surface area contributed by atoms with Gasteiger partial charge in [0, 0.05) is 39.5 Å². The molecule has 2 fully saturated rings. The summed E-state index contributed by atoms with van der Waals surface area (Å²) in [5.41, 5.74) is 0. The van der Waals surface area contributed by atoms with Gasteiger partial charge < -0.3 is 55.2 Å². The maximum atomic E-state index is 12.5. The van der Waals surface area contributed by atoms with Crippen LogP contribution in [0.4, 0.5) is 0 Å². The number of nitrogens with one attached hydrogen (secondary N) is 2. The van der Waals surface area contributed by atoms with E-state index in [1.807, 2.05) is 0 Å². The third-order valence-electron chi connectivity index (χ3n) is 6.87. The smallest absolute Gasteiger partial charge is 0.394 e. The summed E-state index contributed by atoms with van der Waals surface area (Å²) >= 11 is 0. The minimum atomic E-state index is -4.67. The van der Waals surface area contributed by atoms with E-state index in [1.165, 1.54) is 11.8 Å². The lowest BCUT2D eigenvalue weighted by molar-refractivity contribution is -0.270. The Balaban J connectivity index is 1.57. The number of aliphatic hydroxyl groups excluding tert-OH is 4. The third-order valence-corrected chi connectivity index (χ3v) is 7.35. The highest BCUT2D eigenvalue weighted by atomic mass is 31.2. The van der Waals surface area contributed by atoms with Crippen molar-refractivity contribution in [1.29, 1.82) is 0 Å². The summed E-state index contributed by atoms with van der Waals surface area (Å²) in [5, 5.41) is 44.7. The van der Waals surface area contributed by atoms with Crippen LogP contribution in [0.15, 0.2) is 0 Å². The summed E-state index contributed by atoms with van der Waals surface area (Å²) in [5.74, 6) is -0.828. The van der Waals surface area contributed by atoms with Crippen molar-refractivity contribution in [2.75, 3.05) is 32.9 Å². The molecule has 16 nitrogen and oxygen atoms in total. The van der Waals surface area contributed by atoms with Crippen LogP contribution in [0.2, 0.25) is 0 Å². The van der Waals surface area contributed by atoms with Gasteiger partial charge >= 0.3 is 7.82 Å². The molecule has 0 aromatic rings. The number of phosphoric ester groups is 1. The predicted molar refractivity (Wildman–Crippen MR) is 141 cm³/mol. The molecule has 3 amide bonds. The van der Waals surface area contributed by atoms with E-state index in [-0.39, 0.29) is 50.8 Å². The Morgan fingerprint density at radius 3 is 2.39 bits per heavy atom. The molecule has 0 aliphatic carbocycles. The number of amides is 3.